The lowest BCUT2D eigenvalue weighted by atomic mass is 10.1. The summed E-state index contributed by atoms with van der Waals surface area (Å²) in [5.41, 5.74) is 1.22. The third kappa shape index (κ3) is 2.79. The van der Waals surface area contributed by atoms with E-state index in [0.29, 0.717) is 12.1 Å². The fourth-order valence-electron chi connectivity index (χ4n) is 1.80. The fraction of sp³-hybridized carbons (Fsp3) is 0.308. The third-order valence-corrected chi connectivity index (χ3v) is 2.93. The topological polar surface area (TPSA) is 77.3 Å². The molecular formula is C13H15N3O3. The first-order chi connectivity index (χ1) is 9.13. The van der Waals surface area contributed by atoms with Gasteiger partial charge in [-0.3, -0.25) is 10.1 Å². The number of benzene rings is 1. The highest BCUT2D eigenvalue weighted by molar-refractivity contribution is 5.96. The SMILES string of the molecule is COC(C)CNc1ccc([N+](=O)[O-])c2ncccc12. The number of anilines is 1. The number of pyridine rings is 1. The second kappa shape index (κ2) is 5.62. The van der Waals surface area contributed by atoms with Crippen LogP contribution >= 0.6 is 0 Å². The minimum Gasteiger partial charge on any atom is -0.382 e. The van der Waals surface area contributed by atoms with Gasteiger partial charge >= 0.3 is 0 Å². The number of non-ortho nitro benzene ring substituents is 1. The van der Waals surface area contributed by atoms with Crippen LogP contribution in [0.25, 0.3) is 10.9 Å². The van der Waals surface area contributed by atoms with Gasteiger partial charge in [0.25, 0.3) is 5.69 Å². The Hall–Kier alpha value is -2.21. The monoisotopic (exact) mass is 261 g/mol. The molecule has 1 aromatic heterocycles. The van der Waals surface area contributed by atoms with E-state index in [-0.39, 0.29) is 11.8 Å². The first-order valence-corrected chi connectivity index (χ1v) is 5.92. The van der Waals surface area contributed by atoms with Crippen LogP contribution in [-0.4, -0.2) is 29.7 Å². The summed E-state index contributed by atoms with van der Waals surface area (Å²) in [6.45, 7) is 2.57. The van der Waals surface area contributed by atoms with Crippen molar-refractivity contribution in [1.82, 2.24) is 4.98 Å². The number of nitro benzene ring substituents is 1. The van der Waals surface area contributed by atoms with E-state index in [0.717, 1.165) is 11.1 Å². The number of nitro groups is 1. The molecule has 1 atom stereocenters. The van der Waals surface area contributed by atoms with Crippen molar-refractivity contribution in [2.24, 2.45) is 0 Å². The van der Waals surface area contributed by atoms with Crippen LogP contribution in [-0.2, 0) is 4.74 Å². The van der Waals surface area contributed by atoms with Crippen LogP contribution in [0.5, 0.6) is 0 Å². The summed E-state index contributed by atoms with van der Waals surface area (Å²) in [6, 6.07) is 6.74. The molecule has 1 heterocycles. The predicted octanol–water partition coefficient (Wildman–Crippen LogP) is 2.59. The van der Waals surface area contributed by atoms with Crippen LogP contribution in [0.3, 0.4) is 0 Å². The lowest BCUT2D eigenvalue weighted by Gasteiger charge is -2.13. The molecule has 0 saturated carbocycles. The summed E-state index contributed by atoms with van der Waals surface area (Å²) in [5, 5.41) is 14.9. The van der Waals surface area contributed by atoms with E-state index in [1.54, 1.807) is 25.4 Å². The molecule has 6 nitrogen and oxygen atoms in total. The Balaban J connectivity index is 2.41. The highest BCUT2D eigenvalue weighted by atomic mass is 16.6. The smallest absolute Gasteiger partial charge is 0.295 e. The maximum Gasteiger partial charge on any atom is 0.295 e. The van der Waals surface area contributed by atoms with Crippen LogP contribution in [0.1, 0.15) is 6.92 Å². The molecule has 2 aromatic rings. The highest BCUT2D eigenvalue weighted by Gasteiger charge is 2.15. The number of nitrogens with one attached hydrogen (secondary N) is 1. The summed E-state index contributed by atoms with van der Waals surface area (Å²) in [5.74, 6) is 0. The molecule has 0 spiro atoms. The molecule has 0 amide bonds. The van der Waals surface area contributed by atoms with E-state index in [1.807, 2.05) is 13.0 Å². The Bertz CT molecular complexity index is 601. The molecule has 1 unspecified atom stereocenters. The molecule has 1 N–H and O–H groups in total. The van der Waals surface area contributed by atoms with Gasteiger partial charge in [0.15, 0.2) is 0 Å². The zero-order valence-electron chi connectivity index (χ0n) is 10.8. The molecule has 0 fully saturated rings. The molecule has 0 radical (unpaired) electrons. The van der Waals surface area contributed by atoms with Gasteiger partial charge in [-0.05, 0) is 25.1 Å². The number of fused-ring (bicyclic) bond motifs is 1. The quantitative estimate of drug-likeness (QED) is 0.661. The largest absolute Gasteiger partial charge is 0.382 e. The average molecular weight is 261 g/mol. The zero-order valence-corrected chi connectivity index (χ0v) is 10.8. The van der Waals surface area contributed by atoms with Gasteiger partial charge in [0.05, 0.1) is 11.0 Å². The van der Waals surface area contributed by atoms with Gasteiger partial charge in [-0.2, -0.15) is 0 Å². The van der Waals surface area contributed by atoms with Crippen molar-refractivity contribution < 1.29 is 9.66 Å². The number of aromatic nitrogens is 1. The molecule has 0 saturated heterocycles. The summed E-state index contributed by atoms with van der Waals surface area (Å²) < 4.78 is 5.16. The summed E-state index contributed by atoms with van der Waals surface area (Å²) in [4.78, 5) is 14.6. The second-order valence-electron chi connectivity index (χ2n) is 4.22. The molecule has 0 aliphatic carbocycles. The van der Waals surface area contributed by atoms with Crippen LogP contribution in [0.15, 0.2) is 30.5 Å². The number of nitrogens with zero attached hydrogens (tertiary/aromatic N) is 2. The van der Waals surface area contributed by atoms with Gasteiger partial charge in [0, 0.05) is 37.0 Å². The molecule has 100 valence electrons. The van der Waals surface area contributed by atoms with E-state index in [9.17, 15) is 10.1 Å². The molecule has 1 aromatic carbocycles. The zero-order chi connectivity index (χ0) is 13.8. The van der Waals surface area contributed by atoms with Crippen molar-refractivity contribution in [3.63, 3.8) is 0 Å². The molecule has 0 aliphatic heterocycles. The molecule has 2 rings (SSSR count). The number of methoxy groups -OCH3 is 1. The predicted molar refractivity (Wildman–Crippen MR) is 73.4 cm³/mol. The first-order valence-electron chi connectivity index (χ1n) is 5.92. The number of hydrogen-bond donors (Lipinski definition) is 1. The van der Waals surface area contributed by atoms with Gasteiger partial charge in [0.2, 0.25) is 0 Å². The van der Waals surface area contributed by atoms with Crippen LogP contribution in [0.2, 0.25) is 0 Å². The van der Waals surface area contributed by atoms with Crippen molar-refractivity contribution in [3.05, 3.63) is 40.6 Å². The molecule has 19 heavy (non-hydrogen) atoms. The standard InChI is InChI=1S/C13H15N3O3/c1-9(19-2)8-15-11-5-6-12(16(17)18)13-10(11)4-3-7-14-13/h3-7,9,15H,8H2,1-2H3. The van der Waals surface area contributed by atoms with E-state index in [4.69, 9.17) is 4.74 Å². The summed E-state index contributed by atoms with van der Waals surface area (Å²) in [7, 11) is 1.64. The third-order valence-electron chi connectivity index (χ3n) is 2.93. The van der Waals surface area contributed by atoms with Crippen molar-refractivity contribution in [1.29, 1.82) is 0 Å². The van der Waals surface area contributed by atoms with Gasteiger partial charge in [-0.15, -0.1) is 0 Å². The van der Waals surface area contributed by atoms with Crippen LogP contribution in [0.4, 0.5) is 11.4 Å². The highest BCUT2D eigenvalue weighted by Crippen LogP contribution is 2.29. The van der Waals surface area contributed by atoms with Crippen LogP contribution in [0, 0.1) is 10.1 Å². The summed E-state index contributed by atoms with van der Waals surface area (Å²) >= 11 is 0. The minimum absolute atomic E-state index is 0.0148. The van der Waals surface area contributed by atoms with Gasteiger partial charge < -0.3 is 10.1 Å². The Kier molecular flexibility index (Phi) is 3.91. The molecule has 6 heteroatoms. The van der Waals surface area contributed by atoms with Gasteiger partial charge in [0.1, 0.15) is 5.52 Å². The van der Waals surface area contributed by atoms with Gasteiger partial charge in [-0.25, -0.2) is 4.98 Å². The molecule has 0 bridgehead atoms. The number of rotatable bonds is 5. The number of ether oxygens (including phenoxy) is 1. The number of hydrogen-bond acceptors (Lipinski definition) is 5. The Morgan fingerprint density at radius 3 is 2.95 bits per heavy atom. The second-order valence-corrected chi connectivity index (χ2v) is 4.22. The van der Waals surface area contributed by atoms with E-state index in [2.05, 4.69) is 10.3 Å². The molecule has 0 aliphatic rings. The first kappa shape index (κ1) is 13.2. The fourth-order valence-corrected chi connectivity index (χ4v) is 1.80. The Morgan fingerprint density at radius 2 is 2.26 bits per heavy atom. The van der Waals surface area contributed by atoms with Crippen molar-refractivity contribution in [2.45, 2.75) is 13.0 Å². The van der Waals surface area contributed by atoms with Crippen molar-refractivity contribution in [2.75, 3.05) is 19.0 Å². The minimum atomic E-state index is -0.420. The Morgan fingerprint density at radius 1 is 1.47 bits per heavy atom. The average Bonchev–Trinajstić information content (AvgIpc) is 2.43. The van der Waals surface area contributed by atoms with E-state index < -0.39 is 4.92 Å². The normalized spacial score (nSPS) is 12.3. The lowest BCUT2D eigenvalue weighted by Crippen LogP contribution is -2.18. The maximum atomic E-state index is 11.0. The summed E-state index contributed by atoms with van der Waals surface area (Å²) in [6.07, 6.45) is 1.61. The lowest BCUT2D eigenvalue weighted by molar-refractivity contribution is -0.383. The van der Waals surface area contributed by atoms with Crippen molar-refractivity contribution >= 4 is 22.3 Å². The van der Waals surface area contributed by atoms with Crippen molar-refractivity contribution in [3.8, 4) is 0 Å². The van der Waals surface area contributed by atoms with Gasteiger partial charge in [-0.1, -0.05) is 0 Å². The maximum absolute atomic E-state index is 11.0. The van der Waals surface area contributed by atoms with E-state index >= 15 is 0 Å². The van der Waals surface area contributed by atoms with Crippen LogP contribution < -0.4 is 5.32 Å². The molecular weight excluding hydrogens is 246 g/mol. The van der Waals surface area contributed by atoms with E-state index in [1.165, 1.54) is 6.07 Å². The Labute approximate surface area is 110 Å².